The van der Waals surface area contributed by atoms with Crippen LogP contribution in [0.1, 0.15) is 61.8 Å². The van der Waals surface area contributed by atoms with E-state index in [1.807, 2.05) is 0 Å². The number of unbranched alkanes of at least 4 members (excludes halogenated alkanes) is 5. The number of halogens is 4. The maximum atomic E-state index is 6.16. The number of rotatable bonds is 15. The van der Waals surface area contributed by atoms with Crippen LogP contribution in [0.5, 0.6) is 11.5 Å². The number of ether oxygens (including phenoxy) is 2. The van der Waals surface area contributed by atoms with E-state index in [1.165, 1.54) is 9.35 Å². The van der Waals surface area contributed by atoms with Crippen molar-refractivity contribution in [2.75, 3.05) is 11.7 Å². The van der Waals surface area contributed by atoms with E-state index in [2.05, 4.69) is 20.4 Å². The topological polar surface area (TPSA) is 132 Å². The molecule has 214 valence electrons. The number of aryl methyl sites for hydroxylation is 2. The molecule has 4 aromatic rings. The van der Waals surface area contributed by atoms with Gasteiger partial charge in [0.25, 0.3) is 0 Å². The summed E-state index contributed by atoms with van der Waals surface area (Å²) in [4.78, 5) is 0. The van der Waals surface area contributed by atoms with E-state index in [1.54, 1.807) is 36.4 Å². The van der Waals surface area contributed by atoms with Gasteiger partial charge in [-0.3, -0.25) is 0 Å². The third-order valence-corrected chi connectivity index (χ3v) is 7.29. The smallest absolute Gasteiger partial charge is 0.189 e. The van der Waals surface area contributed by atoms with Crippen LogP contribution in [0.4, 0.5) is 0 Å². The zero-order chi connectivity index (χ0) is 28.5. The van der Waals surface area contributed by atoms with E-state index in [-0.39, 0.29) is 13.2 Å². The first kappa shape index (κ1) is 30.0. The molecule has 0 atom stereocenters. The minimum absolute atomic E-state index is 0.159. The molecule has 2 aromatic carbocycles. The summed E-state index contributed by atoms with van der Waals surface area (Å²) < 4.78 is 14.4. The molecule has 0 bridgehead atoms. The maximum Gasteiger partial charge on any atom is 0.189 e. The number of nitrogen functional groups attached to an aromatic ring is 2. The Morgan fingerprint density at radius 3 is 1.32 bits per heavy atom. The predicted molar refractivity (Wildman–Crippen MR) is 157 cm³/mol. The molecule has 0 saturated carbocycles. The highest BCUT2D eigenvalue weighted by Gasteiger charge is 2.13. The van der Waals surface area contributed by atoms with Gasteiger partial charge >= 0.3 is 0 Å². The first-order valence-electron chi connectivity index (χ1n) is 12.8. The second kappa shape index (κ2) is 14.6. The summed E-state index contributed by atoms with van der Waals surface area (Å²) >= 11 is 24.1. The lowest BCUT2D eigenvalue weighted by Crippen LogP contribution is -2.18. The highest BCUT2D eigenvalue weighted by molar-refractivity contribution is 6.36. The Kier molecular flexibility index (Phi) is 11.0. The van der Waals surface area contributed by atoms with Crippen LogP contribution in [0.3, 0.4) is 0 Å². The lowest BCUT2D eigenvalue weighted by molar-refractivity contribution is 0.292. The number of benzene rings is 2. The van der Waals surface area contributed by atoms with E-state index in [0.29, 0.717) is 43.2 Å². The van der Waals surface area contributed by atoms with Crippen molar-refractivity contribution < 1.29 is 9.47 Å². The van der Waals surface area contributed by atoms with Crippen LogP contribution in [0, 0.1) is 0 Å². The summed E-state index contributed by atoms with van der Waals surface area (Å²) in [5.41, 5.74) is 0. The second-order valence-corrected chi connectivity index (χ2v) is 10.8. The van der Waals surface area contributed by atoms with Crippen LogP contribution < -0.4 is 21.2 Å². The molecule has 0 saturated heterocycles. The van der Waals surface area contributed by atoms with Crippen LogP contribution in [-0.2, 0) is 26.1 Å². The Morgan fingerprint density at radius 2 is 0.925 bits per heavy atom. The monoisotopic (exact) mass is 626 g/mol. The van der Waals surface area contributed by atoms with Crippen molar-refractivity contribution in [3.8, 4) is 11.5 Å². The molecule has 0 unspecified atom stereocenters. The van der Waals surface area contributed by atoms with Gasteiger partial charge < -0.3 is 21.2 Å². The molecule has 0 aliphatic heterocycles. The quantitative estimate of drug-likeness (QED) is 0.118. The maximum absolute atomic E-state index is 6.16. The molecule has 0 radical (unpaired) electrons. The Bertz CT molecular complexity index is 1310. The summed E-state index contributed by atoms with van der Waals surface area (Å²) in [6, 6.07) is 10.1. The predicted octanol–water partition coefficient (Wildman–Crippen LogP) is 6.19. The molecular weight excluding hydrogens is 598 g/mol. The summed E-state index contributed by atoms with van der Waals surface area (Å²) in [6.07, 6.45) is 7.79. The molecular formula is C26H30Cl4N8O2. The zero-order valence-corrected chi connectivity index (χ0v) is 24.7. The van der Waals surface area contributed by atoms with Gasteiger partial charge in [-0.2, -0.15) is 0 Å². The normalized spacial score (nSPS) is 11.2. The van der Waals surface area contributed by atoms with E-state index in [0.717, 1.165) is 63.0 Å². The standard InChI is InChI=1S/C26H30Cl4N8O2/c27-17-9-11-21(19(29)13-17)39-15-25-35-33-23(37(25)31)7-5-3-1-2-4-6-8-24-34-36-26(38(24)32)16-40-22-12-10-18(28)14-20(22)30/h9-14H,1-8,15-16,31-32H2. The minimum Gasteiger partial charge on any atom is -0.484 e. The van der Waals surface area contributed by atoms with Gasteiger partial charge in [0.1, 0.15) is 24.7 Å². The lowest BCUT2D eigenvalue weighted by Gasteiger charge is -2.08. The largest absolute Gasteiger partial charge is 0.484 e. The first-order valence-corrected chi connectivity index (χ1v) is 14.3. The molecule has 4 N–H and O–H groups in total. The molecule has 4 rings (SSSR count). The molecule has 0 aliphatic rings. The summed E-state index contributed by atoms with van der Waals surface area (Å²) in [6.45, 7) is 0.319. The molecule has 40 heavy (non-hydrogen) atoms. The number of hydrogen-bond acceptors (Lipinski definition) is 8. The Labute approximate surface area is 252 Å². The van der Waals surface area contributed by atoms with E-state index in [9.17, 15) is 0 Å². The van der Waals surface area contributed by atoms with Crippen LogP contribution in [0.25, 0.3) is 0 Å². The fourth-order valence-corrected chi connectivity index (χ4v) is 4.93. The number of aromatic nitrogens is 6. The Morgan fingerprint density at radius 1 is 0.550 bits per heavy atom. The van der Waals surface area contributed by atoms with Gasteiger partial charge in [0.15, 0.2) is 23.3 Å². The second-order valence-electron chi connectivity index (χ2n) is 9.15. The number of nitrogens with two attached hydrogens (primary N) is 2. The number of nitrogens with zero attached hydrogens (tertiary/aromatic N) is 6. The van der Waals surface area contributed by atoms with Crippen molar-refractivity contribution in [3.05, 3.63) is 79.8 Å². The van der Waals surface area contributed by atoms with Crippen molar-refractivity contribution in [1.82, 2.24) is 29.7 Å². The third kappa shape index (κ3) is 8.30. The average Bonchev–Trinajstić information content (AvgIpc) is 3.45. The van der Waals surface area contributed by atoms with E-state index < -0.39 is 0 Å². The molecule has 10 nitrogen and oxygen atoms in total. The zero-order valence-electron chi connectivity index (χ0n) is 21.7. The van der Waals surface area contributed by atoms with Gasteiger partial charge in [-0.25, -0.2) is 9.35 Å². The highest BCUT2D eigenvalue weighted by Crippen LogP contribution is 2.29. The molecule has 0 fully saturated rings. The summed E-state index contributed by atoms with van der Waals surface area (Å²) in [5, 5.41) is 18.6. The van der Waals surface area contributed by atoms with Crippen LogP contribution in [0.2, 0.25) is 20.1 Å². The molecule has 0 aliphatic carbocycles. The summed E-state index contributed by atoms with van der Waals surface area (Å²) in [7, 11) is 0. The van der Waals surface area contributed by atoms with Crippen LogP contribution in [0.15, 0.2) is 36.4 Å². The fourth-order valence-electron chi connectivity index (χ4n) is 4.00. The Hall–Kier alpha value is -2.92. The van der Waals surface area contributed by atoms with E-state index in [4.69, 9.17) is 67.6 Å². The SMILES string of the molecule is Nn1c(CCCCCCCCc2nnc(COc3ccc(Cl)cc3Cl)n2N)nnc1COc1ccc(Cl)cc1Cl. The van der Waals surface area contributed by atoms with Crippen LogP contribution >= 0.6 is 46.4 Å². The van der Waals surface area contributed by atoms with Gasteiger partial charge in [0, 0.05) is 22.9 Å². The van der Waals surface area contributed by atoms with Gasteiger partial charge in [-0.05, 0) is 49.2 Å². The van der Waals surface area contributed by atoms with Crippen molar-refractivity contribution >= 4 is 46.4 Å². The molecule has 0 spiro atoms. The molecule has 0 amide bonds. The van der Waals surface area contributed by atoms with Crippen molar-refractivity contribution in [2.45, 2.75) is 64.6 Å². The average molecular weight is 628 g/mol. The summed E-state index contributed by atoms with van der Waals surface area (Å²) in [5.74, 6) is 15.8. The van der Waals surface area contributed by atoms with Gasteiger partial charge in [0.2, 0.25) is 0 Å². The van der Waals surface area contributed by atoms with Gasteiger partial charge in [0.05, 0.1) is 10.0 Å². The molecule has 2 aromatic heterocycles. The first-order chi connectivity index (χ1) is 19.3. The van der Waals surface area contributed by atoms with E-state index >= 15 is 0 Å². The molecule has 14 heteroatoms. The van der Waals surface area contributed by atoms with Crippen molar-refractivity contribution in [2.24, 2.45) is 0 Å². The molecule has 2 heterocycles. The van der Waals surface area contributed by atoms with Crippen molar-refractivity contribution in [1.29, 1.82) is 0 Å². The highest BCUT2D eigenvalue weighted by atomic mass is 35.5. The van der Waals surface area contributed by atoms with Gasteiger partial charge in [-0.1, -0.05) is 72.1 Å². The minimum atomic E-state index is 0.159. The number of hydrogen-bond donors (Lipinski definition) is 2. The van der Waals surface area contributed by atoms with Crippen molar-refractivity contribution in [3.63, 3.8) is 0 Å². The fraction of sp³-hybridized carbons (Fsp3) is 0.385. The Balaban J connectivity index is 1.09. The van der Waals surface area contributed by atoms with Gasteiger partial charge in [-0.15, -0.1) is 20.4 Å². The van der Waals surface area contributed by atoms with Crippen LogP contribution in [-0.4, -0.2) is 29.7 Å². The lowest BCUT2D eigenvalue weighted by atomic mass is 10.1. The third-order valence-electron chi connectivity index (χ3n) is 6.23.